The number of morpholine rings is 1. The second kappa shape index (κ2) is 6.13. The van der Waals surface area contributed by atoms with Crippen LogP contribution < -0.4 is 0 Å². The fraction of sp³-hybridized carbons (Fsp3) is 0.467. The van der Waals surface area contributed by atoms with Crippen molar-refractivity contribution >= 4 is 12.1 Å². The Labute approximate surface area is 123 Å². The highest BCUT2D eigenvalue weighted by Gasteiger charge is 2.39. The summed E-state index contributed by atoms with van der Waals surface area (Å²) in [7, 11) is 0. The number of carboxylic acids is 1. The van der Waals surface area contributed by atoms with E-state index in [1.165, 1.54) is 4.90 Å². The van der Waals surface area contributed by atoms with Gasteiger partial charge in [0, 0.05) is 0 Å². The van der Waals surface area contributed by atoms with Crippen LogP contribution >= 0.6 is 0 Å². The molecule has 1 fully saturated rings. The first kappa shape index (κ1) is 15.3. The lowest BCUT2D eigenvalue weighted by Crippen LogP contribution is -2.56. The molecule has 1 aromatic rings. The molecule has 1 heterocycles. The Hall–Kier alpha value is -2.08. The van der Waals surface area contributed by atoms with Gasteiger partial charge in [0.2, 0.25) is 0 Å². The Morgan fingerprint density at radius 2 is 2.05 bits per heavy atom. The molecule has 1 aromatic carbocycles. The van der Waals surface area contributed by atoms with Crippen LogP contribution in [-0.2, 0) is 20.9 Å². The lowest BCUT2D eigenvalue weighted by Gasteiger charge is -2.40. The van der Waals surface area contributed by atoms with Crippen LogP contribution in [0.1, 0.15) is 19.4 Å². The van der Waals surface area contributed by atoms with Gasteiger partial charge in [-0.25, -0.2) is 9.59 Å². The number of hydrogen-bond acceptors (Lipinski definition) is 4. The molecule has 1 atom stereocenters. The van der Waals surface area contributed by atoms with Gasteiger partial charge in [-0.3, -0.25) is 0 Å². The van der Waals surface area contributed by atoms with Crippen molar-refractivity contribution in [2.45, 2.75) is 32.2 Å². The summed E-state index contributed by atoms with van der Waals surface area (Å²) in [5, 5.41) is 9.07. The molecule has 6 heteroatoms. The minimum absolute atomic E-state index is 0.00755. The zero-order valence-corrected chi connectivity index (χ0v) is 12.1. The van der Waals surface area contributed by atoms with E-state index in [9.17, 15) is 9.59 Å². The number of carbonyl (C=O) groups excluding carboxylic acids is 1. The molecule has 0 spiro atoms. The van der Waals surface area contributed by atoms with Crippen molar-refractivity contribution in [1.82, 2.24) is 4.90 Å². The Kier molecular flexibility index (Phi) is 4.47. The van der Waals surface area contributed by atoms with Gasteiger partial charge in [0.15, 0.2) is 6.10 Å². The summed E-state index contributed by atoms with van der Waals surface area (Å²) in [6.45, 7) is 3.95. The number of hydrogen-bond donors (Lipinski definition) is 1. The molecule has 1 saturated heterocycles. The predicted octanol–water partition coefficient (Wildman–Crippen LogP) is 1.89. The van der Waals surface area contributed by atoms with Crippen molar-refractivity contribution in [2.24, 2.45) is 0 Å². The molecule has 2 rings (SSSR count). The van der Waals surface area contributed by atoms with Crippen LogP contribution in [0.25, 0.3) is 0 Å². The highest BCUT2D eigenvalue weighted by molar-refractivity contribution is 5.75. The summed E-state index contributed by atoms with van der Waals surface area (Å²) >= 11 is 0. The Balaban J connectivity index is 1.96. The number of aliphatic carboxylic acids is 1. The van der Waals surface area contributed by atoms with E-state index >= 15 is 0 Å². The SMILES string of the molecule is CC1(C)CN(C(=O)OCc2ccccc2)CC(C(=O)O)O1. The quantitative estimate of drug-likeness (QED) is 0.921. The Morgan fingerprint density at radius 1 is 1.38 bits per heavy atom. The second-order valence-corrected chi connectivity index (χ2v) is 5.63. The molecule has 0 aromatic heterocycles. The van der Waals surface area contributed by atoms with Crippen LogP contribution in [0.2, 0.25) is 0 Å². The van der Waals surface area contributed by atoms with Gasteiger partial charge in [-0.1, -0.05) is 30.3 Å². The van der Waals surface area contributed by atoms with Crippen molar-refractivity contribution in [1.29, 1.82) is 0 Å². The average molecular weight is 293 g/mol. The maximum absolute atomic E-state index is 12.1. The second-order valence-electron chi connectivity index (χ2n) is 5.63. The highest BCUT2D eigenvalue weighted by Crippen LogP contribution is 2.22. The van der Waals surface area contributed by atoms with Crippen molar-refractivity contribution < 1.29 is 24.2 Å². The first-order chi connectivity index (χ1) is 9.87. The number of carbonyl (C=O) groups is 2. The normalized spacial score (nSPS) is 20.9. The summed E-state index contributed by atoms with van der Waals surface area (Å²) in [5.41, 5.74) is 0.167. The third-order valence-electron chi connectivity index (χ3n) is 3.16. The predicted molar refractivity (Wildman–Crippen MR) is 74.8 cm³/mol. The molecule has 0 radical (unpaired) electrons. The molecular formula is C15H19NO5. The van der Waals surface area contributed by atoms with Gasteiger partial charge < -0.3 is 19.5 Å². The summed E-state index contributed by atoms with van der Waals surface area (Å²) < 4.78 is 10.7. The van der Waals surface area contributed by atoms with Crippen molar-refractivity contribution in [2.75, 3.05) is 13.1 Å². The standard InChI is InChI=1S/C15H19NO5/c1-15(2)10-16(8-12(21-15)13(17)18)14(19)20-9-11-6-4-3-5-7-11/h3-7,12H,8-10H2,1-2H3,(H,17,18). The highest BCUT2D eigenvalue weighted by atomic mass is 16.6. The van der Waals surface area contributed by atoms with Gasteiger partial charge >= 0.3 is 12.1 Å². The van der Waals surface area contributed by atoms with E-state index < -0.39 is 23.8 Å². The molecule has 1 amide bonds. The minimum atomic E-state index is -1.08. The number of ether oxygens (including phenoxy) is 2. The first-order valence-electron chi connectivity index (χ1n) is 6.74. The third kappa shape index (κ3) is 4.19. The topological polar surface area (TPSA) is 76.1 Å². The van der Waals surface area contributed by atoms with E-state index in [1.54, 1.807) is 13.8 Å². The van der Waals surface area contributed by atoms with Crippen LogP contribution in [0.5, 0.6) is 0 Å². The zero-order chi connectivity index (χ0) is 15.5. The maximum atomic E-state index is 12.1. The smallest absolute Gasteiger partial charge is 0.410 e. The molecule has 1 unspecified atom stereocenters. The molecule has 6 nitrogen and oxygen atoms in total. The first-order valence-corrected chi connectivity index (χ1v) is 6.74. The molecule has 1 aliphatic rings. The molecule has 1 N–H and O–H groups in total. The molecule has 0 saturated carbocycles. The van der Waals surface area contributed by atoms with Gasteiger partial charge in [0.1, 0.15) is 6.61 Å². The number of benzene rings is 1. The Bertz CT molecular complexity index is 514. The van der Waals surface area contributed by atoms with Crippen LogP contribution in [0.15, 0.2) is 30.3 Å². The summed E-state index contributed by atoms with van der Waals surface area (Å²) in [4.78, 5) is 24.5. The summed E-state index contributed by atoms with van der Waals surface area (Å²) in [6.07, 6.45) is -1.56. The van der Waals surface area contributed by atoms with Crippen molar-refractivity contribution in [3.05, 3.63) is 35.9 Å². The molecule has 114 valence electrons. The van der Waals surface area contributed by atoms with Gasteiger partial charge in [-0.15, -0.1) is 0 Å². The van der Waals surface area contributed by atoms with E-state index in [4.69, 9.17) is 14.6 Å². The molecule has 21 heavy (non-hydrogen) atoms. The zero-order valence-electron chi connectivity index (χ0n) is 12.1. The summed E-state index contributed by atoms with van der Waals surface area (Å²) in [6, 6.07) is 9.32. The van der Waals surface area contributed by atoms with Gasteiger partial charge in [-0.05, 0) is 19.4 Å². The van der Waals surface area contributed by atoms with Crippen LogP contribution in [0.3, 0.4) is 0 Å². The van der Waals surface area contributed by atoms with Crippen molar-refractivity contribution in [3.8, 4) is 0 Å². The van der Waals surface area contributed by atoms with E-state index in [0.717, 1.165) is 5.56 Å². The van der Waals surface area contributed by atoms with E-state index in [-0.39, 0.29) is 13.2 Å². The lowest BCUT2D eigenvalue weighted by molar-refractivity contribution is -0.175. The number of nitrogens with zero attached hydrogens (tertiary/aromatic N) is 1. The lowest BCUT2D eigenvalue weighted by atomic mass is 10.1. The number of rotatable bonds is 3. The van der Waals surface area contributed by atoms with Gasteiger partial charge in [0.05, 0.1) is 18.7 Å². The minimum Gasteiger partial charge on any atom is -0.479 e. The van der Waals surface area contributed by atoms with E-state index in [0.29, 0.717) is 6.54 Å². The van der Waals surface area contributed by atoms with Crippen LogP contribution in [-0.4, -0.2) is 46.9 Å². The summed E-state index contributed by atoms with van der Waals surface area (Å²) in [5.74, 6) is -1.08. The van der Waals surface area contributed by atoms with E-state index in [2.05, 4.69) is 0 Å². The van der Waals surface area contributed by atoms with Crippen LogP contribution in [0.4, 0.5) is 4.79 Å². The van der Waals surface area contributed by atoms with Crippen LogP contribution in [0, 0.1) is 0 Å². The molecular weight excluding hydrogens is 274 g/mol. The number of carboxylic acid groups (broad SMARTS) is 1. The molecule has 0 bridgehead atoms. The molecule has 0 aliphatic carbocycles. The Morgan fingerprint density at radius 3 is 2.67 bits per heavy atom. The van der Waals surface area contributed by atoms with Crippen molar-refractivity contribution in [3.63, 3.8) is 0 Å². The maximum Gasteiger partial charge on any atom is 0.410 e. The number of amides is 1. The third-order valence-corrected chi connectivity index (χ3v) is 3.16. The average Bonchev–Trinajstić information content (AvgIpc) is 2.44. The fourth-order valence-corrected chi connectivity index (χ4v) is 2.26. The van der Waals surface area contributed by atoms with Gasteiger partial charge in [0.25, 0.3) is 0 Å². The monoisotopic (exact) mass is 293 g/mol. The largest absolute Gasteiger partial charge is 0.479 e. The van der Waals surface area contributed by atoms with E-state index in [1.807, 2.05) is 30.3 Å². The fourth-order valence-electron chi connectivity index (χ4n) is 2.26. The van der Waals surface area contributed by atoms with Gasteiger partial charge in [-0.2, -0.15) is 0 Å². The molecule has 1 aliphatic heterocycles.